The molecule has 1 aromatic heterocycles. The van der Waals surface area contributed by atoms with E-state index in [4.69, 9.17) is 4.74 Å². The molecule has 6 rings (SSSR count). The number of rotatable bonds is 7. The minimum Gasteiger partial charge on any atom is -0.444 e. The van der Waals surface area contributed by atoms with Crippen LogP contribution in [0.4, 0.5) is 10.6 Å². The van der Waals surface area contributed by atoms with Gasteiger partial charge in [-0.3, -0.25) is 4.79 Å². The fraction of sp³-hybridized carbons (Fsp3) is 0.793. The molecule has 4 aliphatic carbocycles. The minimum atomic E-state index is -0.679. The lowest BCUT2D eigenvalue weighted by atomic mass is 9.48. The maximum absolute atomic E-state index is 13.4. The molecule has 1 unspecified atom stereocenters. The Morgan fingerprint density at radius 3 is 2.34 bits per heavy atom. The highest BCUT2D eigenvalue weighted by atomic mass is 16.6. The third kappa shape index (κ3) is 5.63. The van der Waals surface area contributed by atoms with Crippen LogP contribution in [0.15, 0.2) is 6.33 Å². The van der Waals surface area contributed by atoms with E-state index in [1.165, 1.54) is 25.6 Å². The van der Waals surface area contributed by atoms with Gasteiger partial charge in [-0.2, -0.15) is 0 Å². The predicted octanol–water partition coefficient (Wildman–Crippen LogP) is 3.90. The lowest BCUT2D eigenvalue weighted by molar-refractivity contribution is -0.135. The van der Waals surface area contributed by atoms with Gasteiger partial charge in [0.05, 0.1) is 18.3 Å². The molecule has 4 fully saturated rings. The van der Waals surface area contributed by atoms with E-state index in [0.717, 1.165) is 54.1 Å². The topological polar surface area (TPSA) is 117 Å². The molecule has 2 amide bonds. The Bertz CT molecular complexity index is 1020. The summed E-state index contributed by atoms with van der Waals surface area (Å²) in [5, 5.41) is 17.6. The molecule has 38 heavy (non-hydrogen) atoms. The van der Waals surface area contributed by atoms with Crippen molar-refractivity contribution in [2.24, 2.45) is 29.1 Å². The second-order valence-corrected chi connectivity index (χ2v) is 13.7. The summed E-state index contributed by atoms with van der Waals surface area (Å²) in [6.07, 6.45) is 8.75. The first-order valence-corrected chi connectivity index (χ1v) is 14.5. The summed E-state index contributed by atoms with van der Waals surface area (Å²) in [6.45, 7) is 10.6. The summed E-state index contributed by atoms with van der Waals surface area (Å²) in [4.78, 5) is 36.5. The highest BCUT2D eigenvalue weighted by Gasteiger charge is 2.53. The van der Waals surface area contributed by atoms with E-state index < -0.39 is 17.7 Å². The zero-order valence-corrected chi connectivity index (χ0v) is 23.6. The fourth-order valence-corrected chi connectivity index (χ4v) is 7.84. The van der Waals surface area contributed by atoms with Crippen molar-refractivity contribution < 1.29 is 19.4 Å². The Morgan fingerprint density at radius 2 is 1.76 bits per heavy atom. The first-order valence-electron chi connectivity index (χ1n) is 14.5. The van der Waals surface area contributed by atoms with Crippen molar-refractivity contribution in [3.8, 4) is 0 Å². The average Bonchev–Trinajstić information content (AvgIpc) is 2.83. The van der Waals surface area contributed by atoms with Crippen molar-refractivity contribution in [2.75, 3.05) is 18.4 Å². The van der Waals surface area contributed by atoms with Crippen LogP contribution in [0.3, 0.4) is 0 Å². The number of aliphatic hydroxyl groups is 1. The van der Waals surface area contributed by atoms with E-state index in [1.54, 1.807) is 25.7 Å². The van der Waals surface area contributed by atoms with Crippen molar-refractivity contribution in [1.82, 2.24) is 20.2 Å². The number of nitrogens with zero attached hydrogens (tertiary/aromatic N) is 3. The van der Waals surface area contributed by atoms with Crippen LogP contribution in [0, 0.1) is 29.1 Å². The third-order valence-electron chi connectivity index (χ3n) is 9.18. The minimum absolute atomic E-state index is 0.0606. The number of aromatic nitrogens is 2. The summed E-state index contributed by atoms with van der Waals surface area (Å²) in [7, 11) is 0. The third-order valence-corrected chi connectivity index (χ3v) is 9.18. The number of carbonyl (C=O) groups excluding carboxylic acids is 2. The highest BCUT2D eigenvalue weighted by molar-refractivity contribution is 5.86. The molecule has 5 aliphatic rings. The Kier molecular flexibility index (Phi) is 7.35. The molecule has 0 radical (unpaired) electrons. The second-order valence-electron chi connectivity index (χ2n) is 13.7. The van der Waals surface area contributed by atoms with Gasteiger partial charge in [0.2, 0.25) is 5.91 Å². The zero-order valence-electron chi connectivity index (χ0n) is 23.6. The van der Waals surface area contributed by atoms with Gasteiger partial charge in [-0.1, -0.05) is 13.8 Å². The number of nitrogens with one attached hydrogen (secondary N) is 2. The number of carbonyl (C=O) groups is 2. The molecule has 0 saturated heterocycles. The predicted molar refractivity (Wildman–Crippen MR) is 144 cm³/mol. The van der Waals surface area contributed by atoms with Gasteiger partial charge < -0.3 is 25.4 Å². The number of amides is 2. The van der Waals surface area contributed by atoms with E-state index in [2.05, 4.69) is 20.6 Å². The lowest BCUT2D eigenvalue weighted by Gasteiger charge is -2.58. The van der Waals surface area contributed by atoms with Crippen LogP contribution < -0.4 is 10.6 Å². The summed E-state index contributed by atoms with van der Waals surface area (Å²) < 4.78 is 5.38. The molecule has 210 valence electrons. The zero-order chi connectivity index (χ0) is 27.2. The van der Waals surface area contributed by atoms with Crippen LogP contribution in [0.2, 0.25) is 0 Å². The number of fused-ring (bicyclic) bond motifs is 1. The SMILES string of the molecule is CC(C)C(NC(=O)OC(C)(C)C)C(=O)N1CCc2c(ncnc2NC[C@H](O)C23CC4CC(CC(C4)C2)C3)C1. The fourth-order valence-electron chi connectivity index (χ4n) is 7.84. The molecular weight excluding hydrogens is 482 g/mol. The molecule has 3 N–H and O–H groups in total. The van der Waals surface area contributed by atoms with Gasteiger partial charge in [-0.15, -0.1) is 0 Å². The largest absolute Gasteiger partial charge is 0.444 e. The Balaban J connectivity index is 1.22. The molecule has 2 atom stereocenters. The maximum Gasteiger partial charge on any atom is 0.408 e. The number of aliphatic hydroxyl groups excluding tert-OH is 1. The van der Waals surface area contributed by atoms with Crippen LogP contribution in [0.1, 0.15) is 84.4 Å². The van der Waals surface area contributed by atoms with Crippen LogP contribution in [-0.2, 0) is 22.5 Å². The van der Waals surface area contributed by atoms with Gasteiger partial charge in [0.1, 0.15) is 23.8 Å². The van der Waals surface area contributed by atoms with Gasteiger partial charge in [0.25, 0.3) is 0 Å². The normalized spacial score (nSPS) is 29.6. The molecule has 4 bridgehead atoms. The lowest BCUT2D eigenvalue weighted by Crippen LogP contribution is -2.53. The van der Waals surface area contributed by atoms with Crippen LogP contribution in [0.5, 0.6) is 0 Å². The van der Waals surface area contributed by atoms with Gasteiger partial charge in [0.15, 0.2) is 0 Å². The Labute approximate surface area is 226 Å². The van der Waals surface area contributed by atoms with Crippen LogP contribution in [-0.4, -0.2) is 62.8 Å². The first-order chi connectivity index (χ1) is 17.9. The maximum atomic E-state index is 13.4. The molecule has 9 heteroatoms. The van der Waals surface area contributed by atoms with Crippen molar-refractivity contribution in [3.05, 3.63) is 17.6 Å². The quantitative estimate of drug-likeness (QED) is 0.492. The molecule has 9 nitrogen and oxygen atoms in total. The molecule has 1 aromatic rings. The number of ether oxygens (including phenoxy) is 1. The van der Waals surface area contributed by atoms with Crippen molar-refractivity contribution in [1.29, 1.82) is 0 Å². The van der Waals surface area contributed by atoms with Gasteiger partial charge in [-0.05, 0) is 94.8 Å². The van der Waals surface area contributed by atoms with Crippen molar-refractivity contribution >= 4 is 17.8 Å². The number of alkyl carbamates (subject to hydrolysis) is 1. The first kappa shape index (κ1) is 27.2. The number of hydrogen-bond donors (Lipinski definition) is 3. The Morgan fingerprint density at radius 1 is 1.13 bits per heavy atom. The van der Waals surface area contributed by atoms with Crippen LogP contribution in [0.25, 0.3) is 0 Å². The van der Waals surface area contributed by atoms with Crippen LogP contribution >= 0.6 is 0 Å². The number of hydrogen-bond acceptors (Lipinski definition) is 7. The summed E-state index contributed by atoms with van der Waals surface area (Å²) in [5.74, 6) is 2.92. The standard InChI is InChI=1S/C29H45N5O4/c1-17(2)24(33-27(37)38-28(3,4)5)26(36)34-7-6-21-22(15-34)31-16-32-25(21)30-14-23(35)29-11-18-8-19(12-29)10-20(9-18)13-29/h16-20,23-24,35H,6-15H2,1-5H3,(H,33,37)(H,30,31,32)/t18?,19?,20?,23-,24?,29?/m0/s1. The summed E-state index contributed by atoms with van der Waals surface area (Å²) in [6, 6.07) is -0.679. The monoisotopic (exact) mass is 527 g/mol. The van der Waals surface area contributed by atoms with E-state index in [1.807, 2.05) is 13.8 Å². The number of anilines is 1. The van der Waals surface area contributed by atoms with Crippen molar-refractivity contribution in [3.63, 3.8) is 0 Å². The van der Waals surface area contributed by atoms with Gasteiger partial charge >= 0.3 is 6.09 Å². The van der Waals surface area contributed by atoms with E-state index in [0.29, 0.717) is 26.1 Å². The summed E-state index contributed by atoms with van der Waals surface area (Å²) >= 11 is 0. The van der Waals surface area contributed by atoms with Crippen molar-refractivity contribution in [2.45, 2.75) is 104 Å². The van der Waals surface area contributed by atoms with E-state index >= 15 is 0 Å². The summed E-state index contributed by atoms with van der Waals surface area (Å²) in [5.41, 5.74) is 1.24. The molecule has 1 aliphatic heterocycles. The van der Waals surface area contributed by atoms with E-state index in [-0.39, 0.29) is 23.3 Å². The molecular formula is C29H45N5O4. The highest BCUT2D eigenvalue weighted by Crippen LogP contribution is 2.61. The average molecular weight is 528 g/mol. The second kappa shape index (κ2) is 10.3. The molecule has 0 spiro atoms. The van der Waals surface area contributed by atoms with Gasteiger partial charge in [-0.25, -0.2) is 14.8 Å². The smallest absolute Gasteiger partial charge is 0.408 e. The van der Waals surface area contributed by atoms with Gasteiger partial charge in [0, 0.05) is 18.7 Å². The van der Waals surface area contributed by atoms with E-state index in [9.17, 15) is 14.7 Å². The Hall–Kier alpha value is -2.42. The molecule has 0 aromatic carbocycles. The molecule has 4 saturated carbocycles. The molecule has 2 heterocycles.